The number of phenolic OH excluding ortho intramolecular Hbond substituents is 1. The Morgan fingerprint density at radius 2 is 1.90 bits per heavy atom. The van der Waals surface area contributed by atoms with Crippen molar-refractivity contribution in [1.82, 2.24) is 0 Å². The summed E-state index contributed by atoms with van der Waals surface area (Å²) in [4.78, 5) is 11.9. The van der Waals surface area contributed by atoms with Crippen molar-refractivity contribution in [2.45, 2.75) is 18.8 Å². The van der Waals surface area contributed by atoms with Gasteiger partial charge in [0.1, 0.15) is 11.2 Å². The number of carbonyl (C=O) groups is 1. The molecule has 1 atom stereocenters. The standard InChI is InChI=1S/C17H19NO3/c1-12-4-2-6-14(8-12)17(11-18,16(20)21)10-13-5-3-7-15(19)9-13/h2-9,19H,10-11,18H2,1H3,(H,20,21). The summed E-state index contributed by atoms with van der Waals surface area (Å²) in [5.74, 6) is -0.841. The van der Waals surface area contributed by atoms with Crippen LogP contribution < -0.4 is 5.73 Å². The van der Waals surface area contributed by atoms with E-state index in [0.29, 0.717) is 5.56 Å². The van der Waals surface area contributed by atoms with Crippen LogP contribution in [0.15, 0.2) is 48.5 Å². The monoisotopic (exact) mass is 285 g/mol. The molecule has 4 nitrogen and oxygen atoms in total. The molecule has 4 N–H and O–H groups in total. The molecule has 0 amide bonds. The second-order valence-electron chi connectivity index (χ2n) is 5.31. The van der Waals surface area contributed by atoms with E-state index in [-0.39, 0.29) is 18.7 Å². The highest BCUT2D eigenvalue weighted by molar-refractivity contribution is 5.82. The Hall–Kier alpha value is -2.33. The van der Waals surface area contributed by atoms with E-state index in [0.717, 1.165) is 11.1 Å². The van der Waals surface area contributed by atoms with Crippen molar-refractivity contribution in [2.24, 2.45) is 5.73 Å². The lowest BCUT2D eigenvalue weighted by molar-refractivity contribution is -0.143. The van der Waals surface area contributed by atoms with Gasteiger partial charge in [-0.15, -0.1) is 0 Å². The molecular weight excluding hydrogens is 266 g/mol. The van der Waals surface area contributed by atoms with E-state index in [1.165, 1.54) is 0 Å². The molecule has 0 radical (unpaired) electrons. The Labute approximate surface area is 123 Å². The summed E-state index contributed by atoms with van der Waals surface area (Å²) in [6.45, 7) is 1.91. The molecule has 21 heavy (non-hydrogen) atoms. The number of phenols is 1. The van der Waals surface area contributed by atoms with Crippen molar-refractivity contribution < 1.29 is 15.0 Å². The third-order valence-corrected chi connectivity index (χ3v) is 3.74. The van der Waals surface area contributed by atoms with Crippen molar-refractivity contribution in [3.05, 3.63) is 65.2 Å². The van der Waals surface area contributed by atoms with Gasteiger partial charge in [-0.2, -0.15) is 0 Å². The predicted octanol–water partition coefficient (Wildman–Crippen LogP) is 2.22. The van der Waals surface area contributed by atoms with E-state index in [1.807, 2.05) is 25.1 Å². The lowest BCUT2D eigenvalue weighted by Gasteiger charge is -2.29. The maximum absolute atomic E-state index is 11.9. The van der Waals surface area contributed by atoms with Crippen LogP contribution in [0.3, 0.4) is 0 Å². The summed E-state index contributed by atoms with van der Waals surface area (Å²) in [6, 6.07) is 14.0. The second kappa shape index (κ2) is 5.97. The molecule has 0 aliphatic rings. The number of carboxylic acid groups (broad SMARTS) is 1. The predicted molar refractivity (Wildman–Crippen MR) is 81.4 cm³/mol. The molecule has 2 aromatic carbocycles. The van der Waals surface area contributed by atoms with Gasteiger partial charge in [0.05, 0.1) is 0 Å². The quantitative estimate of drug-likeness (QED) is 0.786. The van der Waals surface area contributed by atoms with Gasteiger partial charge in [-0.25, -0.2) is 0 Å². The van der Waals surface area contributed by atoms with Crippen LogP contribution in [0.25, 0.3) is 0 Å². The summed E-state index contributed by atoms with van der Waals surface area (Å²) in [6.07, 6.45) is 0.233. The summed E-state index contributed by atoms with van der Waals surface area (Å²) in [5.41, 5.74) is 7.05. The topological polar surface area (TPSA) is 83.5 Å². The zero-order valence-corrected chi connectivity index (χ0v) is 11.9. The number of carboxylic acids is 1. The van der Waals surface area contributed by atoms with E-state index in [4.69, 9.17) is 5.73 Å². The number of hydrogen-bond donors (Lipinski definition) is 3. The fourth-order valence-corrected chi connectivity index (χ4v) is 2.54. The summed E-state index contributed by atoms with van der Waals surface area (Å²) < 4.78 is 0. The van der Waals surface area contributed by atoms with Crippen LogP contribution in [0.1, 0.15) is 16.7 Å². The van der Waals surface area contributed by atoms with E-state index in [1.54, 1.807) is 30.3 Å². The summed E-state index contributed by atoms with van der Waals surface area (Å²) >= 11 is 0. The van der Waals surface area contributed by atoms with Crippen LogP contribution in [0.4, 0.5) is 0 Å². The van der Waals surface area contributed by atoms with Gasteiger partial charge in [-0.3, -0.25) is 4.79 Å². The third kappa shape index (κ3) is 3.06. The van der Waals surface area contributed by atoms with Crippen LogP contribution in [0.2, 0.25) is 0 Å². The molecule has 2 rings (SSSR count). The van der Waals surface area contributed by atoms with Gasteiger partial charge in [-0.1, -0.05) is 42.0 Å². The average Bonchev–Trinajstić information content (AvgIpc) is 2.44. The van der Waals surface area contributed by atoms with Crippen LogP contribution >= 0.6 is 0 Å². The number of rotatable bonds is 5. The zero-order valence-electron chi connectivity index (χ0n) is 11.9. The number of benzene rings is 2. The first-order valence-electron chi connectivity index (χ1n) is 6.76. The normalized spacial score (nSPS) is 13.6. The van der Waals surface area contributed by atoms with E-state index in [2.05, 4.69) is 0 Å². The minimum Gasteiger partial charge on any atom is -0.508 e. The summed E-state index contributed by atoms with van der Waals surface area (Å²) in [7, 11) is 0. The molecule has 0 saturated carbocycles. The zero-order chi connectivity index (χ0) is 15.5. The van der Waals surface area contributed by atoms with E-state index >= 15 is 0 Å². The first kappa shape index (κ1) is 15.1. The molecule has 0 spiro atoms. The lowest BCUT2D eigenvalue weighted by Crippen LogP contribution is -2.45. The molecule has 0 bridgehead atoms. The molecule has 1 unspecified atom stereocenters. The smallest absolute Gasteiger partial charge is 0.315 e. The number of aromatic hydroxyl groups is 1. The van der Waals surface area contributed by atoms with Crippen LogP contribution in [0, 0.1) is 6.92 Å². The van der Waals surface area contributed by atoms with Crippen molar-refractivity contribution in [2.75, 3.05) is 6.54 Å². The molecule has 0 fully saturated rings. The van der Waals surface area contributed by atoms with Crippen LogP contribution in [0.5, 0.6) is 5.75 Å². The van der Waals surface area contributed by atoms with Gasteiger partial charge >= 0.3 is 5.97 Å². The highest BCUT2D eigenvalue weighted by Gasteiger charge is 2.39. The van der Waals surface area contributed by atoms with Crippen molar-refractivity contribution in [1.29, 1.82) is 0 Å². The molecule has 4 heteroatoms. The second-order valence-corrected chi connectivity index (χ2v) is 5.31. The Morgan fingerprint density at radius 1 is 1.19 bits per heavy atom. The lowest BCUT2D eigenvalue weighted by atomic mass is 9.75. The SMILES string of the molecule is Cc1cccc(C(CN)(Cc2cccc(O)c2)C(=O)O)c1. The van der Waals surface area contributed by atoms with Crippen LogP contribution in [-0.2, 0) is 16.6 Å². The minimum absolute atomic E-state index is 0.0125. The number of aliphatic carboxylic acids is 1. The molecule has 0 aliphatic carbocycles. The Kier molecular flexibility index (Phi) is 4.29. The highest BCUT2D eigenvalue weighted by atomic mass is 16.4. The maximum atomic E-state index is 11.9. The van der Waals surface area contributed by atoms with Crippen molar-refractivity contribution in [3.63, 3.8) is 0 Å². The first-order chi connectivity index (χ1) is 9.98. The number of nitrogens with two attached hydrogens (primary N) is 1. The Bertz CT molecular complexity index is 654. The third-order valence-electron chi connectivity index (χ3n) is 3.74. The van der Waals surface area contributed by atoms with Gasteiger partial charge in [-0.05, 0) is 36.6 Å². The number of aryl methyl sites for hydroxylation is 1. The van der Waals surface area contributed by atoms with Crippen LogP contribution in [-0.4, -0.2) is 22.7 Å². The number of hydrogen-bond acceptors (Lipinski definition) is 3. The Morgan fingerprint density at radius 3 is 2.48 bits per heavy atom. The van der Waals surface area contributed by atoms with Crippen molar-refractivity contribution >= 4 is 5.97 Å². The van der Waals surface area contributed by atoms with Gasteiger partial charge < -0.3 is 15.9 Å². The van der Waals surface area contributed by atoms with Gasteiger partial charge in [0.2, 0.25) is 0 Å². The van der Waals surface area contributed by atoms with E-state index < -0.39 is 11.4 Å². The fraction of sp³-hybridized carbons (Fsp3) is 0.235. The molecular formula is C17H19NO3. The average molecular weight is 285 g/mol. The molecule has 110 valence electrons. The molecule has 0 aliphatic heterocycles. The molecule has 0 heterocycles. The van der Waals surface area contributed by atoms with Crippen molar-refractivity contribution in [3.8, 4) is 5.75 Å². The maximum Gasteiger partial charge on any atom is 0.315 e. The Balaban J connectivity index is 2.49. The fourth-order valence-electron chi connectivity index (χ4n) is 2.54. The van der Waals surface area contributed by atoms with Gasteiger partial charge in [0.15, 0.2) is 0 Å². The highest BCUT2D eigenvalue weighted by Crippen LogP contribution is 2.30. The van der Waals surface area contributed by atoms with Gasteiger partial charge in [0, 0.05) is 6.54 Å². The summed E-state index contributed by atoms with van der Waals surface area (Å²) in [5, 5.41) is 19.3. The van der Waals surface area contributed by atoms with E-state index in [9.17, 15) is 15.0 Å². The largest absolute Gasteiger partial charge is 0.508 e. The minimum atomic E-state index is -1.19. The van der Waals surface area contributed by atoms with Gasteiger partial charge in [0.25, 0.3) is 0 Å². The molecule has 0 saturated heterocycles. The first-order valence-corrected chi connectivity index (χ1v) is 6.76. The molecule has 2 aromatic rings. The molecule has 0 aromatic heterocycles.